The topological polar surface area (TPSA) is 70.5 Å². The van der Waals surface area contributed by atoms with Gasteiger partial charge in [0.15, 0.2) is 0 Å². The second-order valence-corrected chi connectivity index (χ2v) is 7.62. The summed E-state index contributed by atoms with van der Waals surface area (Å²) in [6, 6.07) is 7.75. The summed E-state index contributed by atoms with van der Waals surface area (Å²) in [6.45, 7) is 4.51. The van der Waals surface area contributed by atoms with Gasteiger partial charge in [-0.05, 0) is 50.6 Å². The Bertz CT molecular complexity index is 814. The van der Waals surface area contributed by atoms with Crippen molar-refractivity contribution in [2.75, 3.05) is 31.5 Å². The van der Waals surface area contributed by atoms with E-state index in [1.807, 2.05) is 33.9 Å². The molecule has 2 fully saturated rings. The maximum atomic E-state index is 12.9. The van der Waals surface area contributed by atoms with Crippen LogP contribution in [-0.4, -0.2) is 63.4 Å². The number of aryl methyl sites for hydroxylation is 1. The zero-order valence-electron chi connectivity index (χ0n) is 16.1. The van der Waals surface area contributed by atoms with E-state index in [0.29, 0.717) is 30.3 Å². The standard InChI is InChI=1S/C21H27N5O2/c27-20(7-11-24-13-8-22-16-24)23-18-5-3-4-17(14-18)21(28)26-12-6-19(15-26)25-9-1-2-10-25/h3-5,8,13-14,16,19H,1-2,6-7,9-12,15H2,(H,23,27). The molecule has 3 heterocycles. The van der Waals surface area contributed by atoms with Crippen molar-refractivity contribution in [1.29, 1.82) is 0 Å². The molecule has 1 atom stereocenters. The largest absolute Gasteiger partial charge is 0.337 e. The monoisotopic (exact) mass is 381 g/mol. The second kappa shape index (κ2) is 8.56. The molecule has 2 amide bonds. The van der Waals surface area contributed by atoms with E-state index in [4.69, 9.17) is 0 Å². The van der Waals surface area contributed by atoms with E-state index in [1.54, 1.807) is 18.6 Å². The van der Waals surface area contributed by atoms with E-state index >= 15 is 0 Å². The van der Waals surface area contributed by atoms with E-state index in [9.17, 15) is 9.59 Å². The van der Waals surface area contributed by atoms with Crippen molar-refractivity contribution in [1.82, 2.24) is 19.4 Å². The molecule has 4 rings (SSSR count). The molecule has 7 nitrogen and oxygen atoms in total. The first-order chi connectivity index (χ1) is 13.7. The number of nitrogens with one attached hydrogen (secondary N) is 1. The van der Waals surface area contributed by atoms with Gasteiger partial charge in [0.1, 0.15) is 0 Å². The summed E-state index contributed by atoms with van der Waals surface area (Å²) in [5.74, 6) is -0.0234. The number of amides is 2. The fourth-order valence-corrected chi connectivity index (χ4v) is 4.12. The molecule has 1 N–H and O–H groups in total. The van der Waals surface area contributed by atoms with Crippen LogP contribution in [0.1, 0.15) is 36.0 Å². The first-order valence-corrected chi connectivity index (χ1v) is 10.1. The van der Waals surface area contributed by atoms with E-state index in [-0.39, 0.29) is 11.8 Å². The smallest absolute Gasteiger partial charge is 0.253 e. The van der Waals surface area contributed by atoms with Crippen LogP contribution >= 0.6 is 0 Å². The molecule has 1 aromatic carbocycles. The molecule has 0 bridgehead atoms. The third kappa shape index (κ3) is 4.42. The van der Waals surface area contributed by atoms with Gasteiger partial charge in [-0.15, -0.1) is 0 Å². The number of nitrogens with zero attached hydrogens (tertiary/aromatic N) is 4. The fourth-order valence-electron chi connectivity index (χ4n) is 4.12. The highest BCUT2D eigenvalue weighted by Crippen LogP contribution is 2.22. The summed E-state index contributed by atoms with van der Waals surface area (Å²) in [6.07, 6.45) is 9.17. The Hall–Kier alpha value is -2.67. The molecule has 1 unspecified atom stereocenters. The summed E-state index contributed by atoms with van der Waals surface area (Å²) in [7, 11) is 0. The number of likely N-dealkylation sites (tertiary alicyclic amines) is 2. The second-order valence-electron chi connectivity index (χ2n) is 7.62. The van der Waals surface area contributed by atoms with E-state index in [0.717, 1.165) is 32.6 Å². The average Bonchev–Trinajstić information content (AvgIpc) is 3.48. The minimum absolute atomic E-state index is 0.0520. The molecule has 1 aromatic heterocycles. The Balaban J connectivity index is 1.32. The molecule has 2 aromatic rings. The number of hydrogen-bond acceptors (Lipinski definition) is 4. The highest BCUT2D eigenvalue weighted by Gasteiger charge is 2.31. The van der Waals surface area contributed by atoms with Crippen molar-refractivity contribution in [3.8, 4) is 0 Å². The molecule has 2 aliphatic heterocycles. The van der Waals surface area contributed by atoms with Gasteiger partial charge >= 0.3 is 0 Å². The molecule has 2 aliphatic rings. The molecule has 0 saturated carbocycles. The van der Waals surface area contributed by atoms with Gasteiger partial charge in [0.2, 0.25) is 5.91 Å². The van der Waals surface area contributed by atoms with Crippen LogP contribution in [0.2, 0.25) is 0 Å². The SMILES string of the molecule is O=C(CCn1ccnc1)Nc1cccc(C(=O)N2CCC(N3CCCC3)C2)c1. The highest BCUT2D eigenvalue weighted by atomic mass is 16.2. The van der Waals surface area contributed by atoms with Crippen LogP contribution in [0.15, 0.2) is 43.0 Å². The number of anilines is 1. The lowest BCUT2D eigenvalue weighted by molar-refractivity contribution is -0.116. The zero-order chi connectivity index (χ0) is 19.3. The maximum absolute atomic E-state index is 12.9. The molecule has 7 heteroatoms. The van der Waals surface area contributed by atoms with Crippen molar-refractivity contribution in [2.24, 2.45) is 0 Å². The van der Waals surface area contributed by atoms with E-state index in [2.05, 4.69) is 15.2 Å². The average molecular weight is 381 g/mol. The summed E-state index contributed by atoms with van der Waals surface area (Å²) in [5, 5.41) is 2.89. The van der Waals surface area contributed by atoms with Crippen molar-refractivity contribution in [3.05, 3.63) is 48.5 Å². The molecule has 0 aliphatic carbocycles. The van der Waals surface area contributed by atoms with Crippen LogP contribution in [0.4, 0.5) is 5.69 Å². The predicted molar refractivity (Wildman–Crippen MR) is 107 cm³/mol. The normalized spacial score (nSPS) is 19.9. The quantitative estimate of drug-likeness (QED) is 0.833. The lowest BCUT2D eigenvalue weighted by Gasteiger charge is -2.23. The first kappa shape index (κ1) is 18.7. The van der Waals surface area contributed by atoms with Gasteiger partial charge in [-0.25, -0.2) is 4.98 Å². The van der Waals surface area contributed by atoms with Crippen molar-refractivity contribution < 1.29 is 9.59 Å². The molecular formula is C21H27N5O2. The third-order valence-corrected chi connectivity index (χ3v) is 5.66. The van der Waals surface area contributed by atoms with Crippen molar-refractivity contribution in [3.63, 3.8) is 0 Å². The maximum Gasteiger partial charge on any atom is 0.253 e. The minimum Gasteiger partial charge on any atom is -0.337 e. The molecule has 148 valence electrons. The Labute approximate surface area is 165 Å². The van der Waals surface area contributed by atoms with Gasteiger partial charge in [-0.1, -0.05) is 6.07 Å². The van der Waals surface area contributed by atoms with Gasteiger partial charge in [0.25, 0.3) is 5.91 Å². The van der Waals surface area contributed by atoms with Crippen LogP contribution in [0.5, 0.6) is 0 Å². The van der Waals surface area contributed by atoms with Crippen molar-refractivity contribution in [2.45, 2.75) is 38.3 Å². The van der Waals surface area contributed by atoms with Crippen LogP contribution in [0.3, 0.4) is 0 Å². The lowest BCUT2D eigenvalue weighted by atomic mass is 10.1. The summed E-state index contributed by atoms with van der Waals surface area (Å²) in [4.78, 5) is 33.5. The summed E-state index contributed by atoms with van der Waals surface area (Å²) in [5.41, 5.74) is 1.30. The Kier molecular flexibility index (Phi) is 5.71. The predicted octanol–water partition coefficient (Wildman–Crippen LogP) is 2.22. The Morgan fingerprint density at radius 1 is 1.18 bits per heavy atom. The van der Waals surface area contributed by atoms with Gasteiger partial charge in [0, 0.05) is 55.7 Å². The Morgan fingerprint density at radius 2 is 2.04 bits per heavy atom. The Morgan fingerprint density at radius 3 is 2.82 bits per heavy atom. The third-order valence-electron chi connectivity index (χ3n) is 5.66. The molecule has 0 radical (unpaired) electrons. The lowest BCUT2D eigenvalue weighted by Crippen LogP contribution is -2.37. The molecule has 0 spiro atoms. The fraction of sp³-hybridized carbons (Fsp3) is 0.476. The zero-order valence-corrected chi connectivity index (χ0v) is 16.1. The molecule has 2 saturated heterocycles. The highest BCUT2D eigenvalue weighted by molar-refractivity contribution is 5.97. The van der Waals surface area contributed by atoms with Gasteiger partial charge in [-0.2, -0.15) is 0 Å². The van der Waals surface area contributed by atoms with Crippen LogP contribution in [0.25, 0.3) is 0 Å². The van der Waals surface area contributed by atoms with Crippen LogP contribution in [0, 0.1) is 0 Å². The molecule has 28 heavy (non-hydrogen) atoms. The van der Waals surface area contributed by atoms with Crippen LogP contribution < -0.4 is 5.32 Å². The summed E-state index contributed by atoms with van der Waals surface area (Å²) >= 11 is 0. The first-order valence-electron chi connectivity index (χ1n) is 10.1. The summed E-state index contributed by atoms with van der Waals surface area (Å²) < 4.78 is 1.86. The number of hydrogen-bond donors (Lipinski definition) is 1. The van der Waals surface area contributed by atoms with Gasteiger partial charge in [0.05, 0.1) is 6.33 Å². The van der Waals surface area contributed by atoms with Crippen LogP contribution in [-0.2, 0) is 11.3 Å². The number of benzene rings is 1. The van der Waals surface area contributed by atoms with E-state index in [1.165, 1.54) is 12.8 Å². The number of aromatic nitrogens is 2. The van der Waals surface area contributed by atoms with Gasteiger partial charge < -0.3 is 14.8 Å². The number of imidazole rings is 1. The molecular weight excluding hydrogens is 354 g/mol. The van der Waals surface area contributed by atoms with Gasteiger partial charge in [-0.3, -0.25) is 14.5 Å². The van der Waals surface area contributed by atoms with Crippen molar-refractivity contribution >= 4 is 17.5 Å². The number of carbonyl (C=O) groups is 2. The minimum atomic E-state index is -0.0754. The number of carbonyl (C=O) groups excluding carboxylic acids is 2. The number of rotatable bonds is 6. The van der Waals surface area contributed by atoms with E-state index < -0.39 is 0 Å².